The average molecular weight is 339 g/mol. The molecule has 0 saturated heterocycles. The molecule has 1 N–H and O–H groups in total. The van der Waals surface area contributed by atoms with Crippen molar-refractivity contribution in [1.82, 2.24) is 14.9 Å². The number of nitrogens with one attached hydrogen (secondary N) is 1. The van der Waals surface area contributed by atoms with Crippen molar-refractivity contribution < 1.29 is 9.18 Å². The number of imidazole rings is 1. The topological polar surface area (TPSA) is 46.9 Å². The summed E-state index contributed by atoms with van der Waals surface area (Å²) in [5.41, 5.74) is 3.90. The maximum Gasteiger partial charge on any atom is 0.224 e. The largest absolute Gasteiger partial charge is 0.355 e. The summed E-state index contributed by atoms with van der Waals surface area (Å²) in [4.78, 5) is 16.4. The Kier molecular flexibility index (Phi) is 5.12. The monoisotopic (exact) mass is 339 g/mol. The molecular formula is C20H22FN3O. The van der Waals surface area contributed by atoms with E-state index in [1.54, 1.807) is 12.1 Å². The molecule has 0 bridgehead atoms. The summed E-state index contributed by atoms with van der Waals surface area (Å²) in [6.07, 6.45) is 2.79. The summed E-state index contributed by atoms with van der Waals surface area (Å²) in [7, 11) is 0. The van der Waals surface area contributed by atoms with Gasteiger partial charge in [0.25, 0.3) is 0 Å². The number of rotatable bonds is 6. The van der Waals surface area contributed by atoms with Crippen LogP contribution < -0.4 is 5.32 Å². The van der Waals surface area contributed by atoms with E-state index in [1.165, 1.54) is 12.1 Å². The zero-order chi connectivity index (χ0) is 17.8. The Labute approximate surface area is 146 Å². The minimum atomic E-state index is -0.320. The maximum atomic E-state index is 13.1. The van der Waals surface area contributed by atoms with Crippen LogP contribution in [-0.2, 0) is 17.6 Å². The average Bonchev–Trinajstić information content (AvgIpc) is 2.98. The highest BCUT2D eigenvalue weighted by Crippen LogP contribution is 2.18. The second-order valence-corrected chi connectivity index (χ2v) is 6.48. The van der Waals surface area contributed by atoms with Gasteiger partial charge in [0.05, 0.1) is 23.8 Å². The van der Waals surface area contributed by atoms with E-state index in [-0.39, 0.29) is 18.1 Å². The van der Waals surface area contributed by atoms with E-state index in [0.29, 0.717) is 18.2 Å². The summed E-state index contributed by atoms with van der Waals surface area (Å²) < 4.78 is 15.3. The van der Waals surface area contributed by atoms with Crippen LogP contribution in [0.3, 0.4) is 0 Å². The predicted molar refractivity (Wildman–Crippen MR) is 96.9 cm³/mol. The molecule has 25 heavy (non-hydrogen) atoms. The van der Waals surface area contributed by atoms with Crippen LogP contribution in [-0.4, -0.2) is 22.0 Å². The normalized spacial score (nSPS) is 11.2. The second kappa shape index (κ2) is 7.47. The highest BCUT2D eigenvalue weighted by molar-refractivity contribution is 5.78. The fourth-order valence-electron chi connectivity index (χ4n) is 2.89. The van der Waals surface area contributed by atoms with Crippen molar-refractivity contribution in [2.45, 2.75) is 32.7 Å². The van der Waals surface area contributed by atoms with Gasteiger partial charge in [-0.1, -0.05) is 18.2 Å². The smallest absolute Gasteiger partial charge is 0.224 e. The third-order valence-electron chi connectivity index (χ3n) is 4.19. The summed E-state index contributed by atoms with van der Waals surface area (Å²) in [6.45, 7) is 4.80. The first-order chi connectivity index (χ1) is 12.0. The van der Waals surface area contributed by atoms with E-state index in [4.69, 9.17) is 0 Å². The van der Waals surface area contributed by atoms with E-state index in [0.717, 1.165) is 23.0 Å². The van der Waals surface area contributed by atoms with Gasteiger partial charge < -0.3 is 9.88 Å². The van der Waals surface area contributed by atoms with Crippen LogP contribution in [0.5, 0.6) is 0 Å². The molecule has 1 aromatic heterocycles. The maximum absolute atomic E-state index is 13.1. The molecule has 0 fully saturated rings. The molecule has 0 aliphatic heterocycles. The Bertz CT molecular complexity index is 886. The first kappa shape index (κ1) is 17.1. The Morgan fingerprint density at radius 1 is 1.20 bits per heavy atom. The Balaban J connectivity index is 1.55. The molecule has 0 atom stereocenters. The minimum Gasteiger partial charge on any atom is -0.355 e. The van der Waals surface area contributed by atoms with Crippen molar-refractivity contribution in [3.63, 3.8) is 0 Å². The van der Waals surface area contributed by atoms with Gasteiger partial charge in [0.2, 0.25) is 5.91 Å². The third kappa shape index (κ3) is 4.24. The van der Waals surface area contributed by atoms with Crippen molar-refractivity contribution in [1.29, 1.82) is 0 Å². The number of halogens is 1. The minimum absolute atomic E-state index is 0.101. The van der Waals surface area contributed by atoms with Crippen molar-refractivity contribution >= 4 is 16.9 Å². The standard InChI is InChI=1S/C20H22FN3O/c1-14(2)24-13-23-18-11-15(6-7-19(18)24)8-9-22-20(25)12-16-4-3-5-17(21)10-16/h3-7,10-11,13-14H,8-9,12H2,1-2H3,(H,22,25). The SMILES string of the molecule is CC(C)n1cnc2cc(CCNC(=O)Cc3cccc(F)c3)ccc21. The van der Waals surface area contributed by atoms with Gasteiger partial charge in [-0.2, -0.15) is 0 Å². The van der Waals surface area contributed by atoms with E-state index < -0.39 is 0 Å². The van der Waals surface area contributed by atoms with Crippen LogP contribution in [0.15, 0.2) is 48.8 Å². The summed E-state index contributed by atoms with van der Waals surface area (Å²) >= 11 is 0. The lowest BCUT2D eigenvalue weighted by atomic mass is 10.1. The molecule has 0 saturated carbocycles. The number of amides is 1. The number of hydrogen-bond acceptors (Lipinski definition) is 2. The molecule has 0 aliphatic rings. The van der Waals surface area contributed by atoms with Crippen molar-refractivity contribution in [2.24, 2.45) is 0 Å². The van der Waals surface area contributed by atoms with E-state index in [2.05, 4.69) is 46.9 Å². The number of aromatic nitrogens is 2. The lowest BCUT2D eigenvalue weighted by Gasteiger charge is -2.09. The summed E-state index contributed by atoms with van der Waals surface area (Å²) in [6, 6.07) is 12.7. The molecule has 1 amide bonds. The van der Waals surface area contributed by atoms with Crippen molar-refractivity contribution in [2.75, 3.05) is 6.54 Å². The van der Waals surface area contributed by atoms with Crippen LogP contribution in [0.25, 0.3) is 11.0 Å². The molecule has 3 aromatic rings. The number of benzene rings is 2. The van der Waals surface area contributed by atoms with Crippen molar-refractivity contribution in [3.8, 4) is 0 Å². The van der Waals surface area contributed by atoms with Crippen LogP contribution in [0.4, 0.5) is 4.39 Å². The van der Waals surface area contributed by atoms with Gasteiger partial charge in [0.15, 0.2) is 0 Å². The Morgan fingerprint density at radius 2 is 2.04 bits per heavy atom. The predicted octanol–water partition coefficient (Wildman–Crippen LogP) is 3.66. The van der Waals surface area contributed by atoms with Crippen LogP contribution in [0.1, 0.15) is 31.0 Å². The van der Waals surface area contributed by atoms with Gasteiger partial charge in [0, 0.05) is 12.6 Å². The molecule has 0 radical (unpaired) electrons. The first-order valence-electron chi connectivity index (χ1n) is 8.49. The van der Waals surface area contributed by atoms with E-state index in [1.807, 2.05) is 6.33 Å². The molecule has 3 rings (SSSR count). The van der Waals surface area contributed by atoms with Gasteiger partial charge >= 0.3 is 0 Å². The zero-order valence-corrected chi connectivity index (χ0v) is 14.5. The number of carbonyl (C=O) groups is 1. The molecule has 0 aliphatic carbocycles. The number of nitrogens with zero attached hydrogens (tertiary/aromatic N) is 2. The highest BCUT2D eigenvalue weighted by atomic mass is 19.1. The molecular weight excluding hydrogens is 317 g/mol. The van der Waals surface area contributed by atoms with Gasteiger partial charge in [0.1, 0.15) is 5.82 Å². The van der Waals surface area contributed by atoms with Gasteiger partial charge in [-0.15, -0.1) is 0 Å². The molecule has 0 unspecified atom stereocenters. The van der Waals surface area contributed by atoms with Crippen LogP contribution in [0.2, 0.25) is 0 Å². The summed E-state index contributed by atoms with van der Waals surface area (Å²) in [5, 5.41) is 2.88. The number of hydrogen-bond donors (Lipinski definition) is 1. The van der Waals surface area contributed by atoms with Gasteiger partial charge in [-0.05, 0) is 55.7 Å². The second-order valence-electron chi connectivity index (χ2n) is 6.48. The number of fused-ring (bicyclic) bond motifs is 1. The molecule has 5 heteroatoms. The van der Waals surface area contributed by atoms with E-state index in [9.17, 15) is 9.18 Å². The quantitative estimate of drug-likeness (QED) is 0.745. The highest BCUT2D eigenvalue weighted by Gasteiger charge is 2.07. The molecule has 0 spiro atoms. The lowest BCUT2D eigenvalue weighted by molar-refractivity contribution is -0.120. The molecule has 4 nitrogen and oxygen atoms in total. The fourth-order valence-corrected chi connectivity index (χ4v) is 2.89. The molecule has 1 heterocycles. The van der Waals surface area contributed by atoms with Crippen LogP contribution >= 0.6 is 0 Å². The zero-order valence-electron chi connectivity index (χ0n) is 14.5. The third-order valence-corrected chi connectivity index (χ3v) is 4.19. The fraction of sp³-hybridized carbons (Fsp3) is 0.300. The first-order valence-corrected chi connectivity index (χ1v) is 8.49. The Morgan fingerprint density at radius 3 is 2.80 bits per heavy atom. The van der Waals surface area contributed by atoms with E-state index >= 15 is 0 Å². The number of carbonyl (C=O) groups excluding carboxylic acids is 1. The van der Waals surface area contributed by atoms with Gasteiger partial charge in [-0.3, -0.25) is 4.79 Å². The van der Waals surface area contributed by atoms with Crippen LogP contribution in [0, 0.1) is 5.82 Å². The molecule has 2 aromatic carbocycles. The molecule has 130 valence electrons. The van der Waals surface area contributed by atoms with Gasteiger partial charge in [-0.25, -0.2) is 9.37 Å². The lowest BCUT2D eigenvalue weighted by Crippen LogP contribution is -2.27. The van der Waals surface area contributed by atoms with Crippen molar-refractivity contribution in [3.05, 3.63) is 65.7 Å². The summed E-state index contributed by atoms with van der Waals surface area (Å²) in [5.74, 6) is -0.421. The Hall–Kier alpha value is -2.69.